The van der Waals surface area contributed by atoms with E-state index in [1.54, 1.807) is 0 Å². The molecule has 0 N–H and O–H groups in total. The van der Waals surface area contributed by atoms with Crippen molar-refractivity contribution in [3.8, 4) is 11.5 Å². The van der Waals surface area contributed by atoms with Crippen molar-refractivity contribution in [2.45, 2.75) is 6.42 Å². The van der Waals surface area contributed by atoms with E-state index in [0.29, 0.717) is 0 Å². The van der Waals surface area contributed by atoms with Gasteiger partial charge < -0.3 is 14.0 Å². The van der Waals surface area contributed by atoms with Gasteiger partial charge in [0.05, 0.1) is 0 Å². The fraction of sp³-hybridized carbons (Fsp3) is 0.200. The average molecular weight is 254 g/mol. The van der Waals surface area contributed by atoms with Gasteiger partial charge in [-0.1, -0.05) is 30.3 Å². The molecule has 19 heavy (non-hydrogen) atoms. The van der Waals surface area contributed by atoms with Gasteiger partial charge in [-0.25, -0.2) is 0 Å². The Morgan fingerprint density at radius 3 is 2.37 bits per heavy atom. The highest BCUT2D eigenvalue weighted by Gasteiger charge is 2.24. The molecule has 1 aliphatic heterocycles. The summed E-state index contributed by atoms with van der Waals surface area (Å²) in [6, 6.07) is 17.6. The summed E-state index contributed by atoms with van der Waals surface area (Å²) in [6.45, 7) is 1.49. The molecule has 0 bridgehead atoms. The molecule has 2 aromatic carbocycles. The van der Waals surface area contributed by atoms with Crippen LogP contribution < -0.4 is 10.2 Å². The molecule has 0 atom stereocenters. The van der Waals surface area contributed by atoms with Crippen LogP contribution in [0.25, 0.3) is 0 Å². The van der Waals surface area contributed by atoms with Crippen LogP contribution in [-0.2, 0) is 9.31 Å². The number of hydrogen-bond donors (Lipinski definition) is 0. The van der Waals surface area contributed by atoms with Gasteiger partial charge in [-0.05, 0) is 36.1 Å². The first-order chi connectivity index (χ1) is 9.42. The molecule has 1 heterocycles. The first-order valence-corrected chi connectivity index (χ1v) is 6.48. The average Bonchev–Trinajstić information content (AvgIpc) is 2.49. The predicted octanol–water partition coefficient (Wildman–Crippen LogP) is 2.61. The zero-order chi connectivity index (χ0) is 12.9. The minimum Gasteiger partial charge on any atom is -0.457 e. The van der Waals surface area contributed by atoms with Crippen molar-refractivity contribution in [1.82, 2.24) is 0 Å². The van der Waals surface area contributed by atoms with Crippen molar-refractivity contribution < 1.29 is 14.0 Å². The lowest BCUT2D eigenvalue weighted by atomic mass is 9.78. The van der Waals surface area contributed by atoms with E-state index in [-0.39, 0.29) is 7.12 Å². The molecule has 0 aliphatic carbocycles. The lowest BCUT2D eigenvalue weighted by Crippen LogP contribution is -2.40. The summed E-state index contributed by atoms with van der Waals surface area (Å²) < 4.78 is 17.0. The number of rotatable bonds is 3. The number of para-hydroxylation sites is 1. The van der Waals surface area contributed by atoms with E-state index in [9.17, 15) is 0 Å². The van der Waals surface area contributed by atoms with Crippen LogP contribution in [0.15, 0.2) is 54.6 Å². The normalized spacial score (nSPS) is 15.3. The molecule has 1 fully saturated rings. The van der Waals surface area contributed by atoms with Crippen molar-refractivity contribution in [3.63, 3.8) is 0 Å². The number of ether oxygens (including phenoxy) is 1. The number of benzene rings is 2. The molecule has 0 unspecified atom stereocenters. The molecule has 0 amide bonds. The lowest BCUT2D eigenvalue weighted by molar-refractivity contribution is 0.143. The van der Waals surface area contributed by atoms with Crippen LogP contribution in [0.5, 0.6) is 11.5 Å². The van der Waals surface area contributed by atoms with Gasteiger partial charge in [0.15, 0.2) is 0 Å². The zero-order valence-electron chi connectivity index (χ0n) is 10.6. The highest BCUT2D eigenvalue weighted by Crippen LogP contribution is 2.19. The van der Waals surface area contributed by atoms with Crippen molar-refractivity contribution in [1.29, 1.82) is 0 Å². The second kappa shape index (κ2) is 5.91. The van der Waals surface area contributed by atoms with E-state index < -0.39 is 0 Å². The molecule has 2 aromatic rings. The fourth-order valence-electron chi connectivity index (χ4n) is 2.03. The van der Waals surface area contributed by atoms with Crippen molar-refractivity contribution in [2.24, 2.45) is 0 Å². The maximum absolute atomic E-state index is 5.80. The third kappa shape index (κ3) is 3.16. The fourth-order valence-corrected chi connectivity index (χ4v) is 2.03. The summed E-state index contributed by atoms with van der Waals surface area (Å²) in [4.78, 5) is 0. The Hall–Kier alpha value is -1.78. The van der Waals surface area contributed by atoms with Crippen LogP contribution in [0.4, 0.5) is 0 Å². The predicted molar refractivity (Wildman–Crippen MR) is 74.9 cm³/mol. The zero-order valence-corrected chi connectivity index (χ0v) is 10.6. The van der Waals surface area contributed by atoms with Crippen LogP contribution in [0, 0.1) is 0 Å². The summed E-state index contributed by atoms with van der Waals surface area (Å²) in [5, 5.41) is 0. The Morgan fingerprint density at radius 1 is 0.842 bits per heavy atom. The minimum absolute atomic E-state index is 0.270. The largest absolute Gasteiger partial charge is 0.493 e. The Balaban J connectivity index is 1.76. The maximum atomic E-state index is 5.80. The van der Waals surface area contributed by atoms with Gasteiger partial charge in [0.25, 0.3) is 0 Å². The van der Waals surface area contributed by atoms with E-state index in [0.717, 1.165) is 36.6 Å². The highest BCUT2D eigenvalue weighted by molar-refractivity contribution is 6.61. The molecule has 1 aliphatic rings. The Labute approximate surface area is 113 Å². The van der Waals surface area contributed by atoms with Gasteiger partial charge in [0, 0.05) is 13.2 Å². The smallest absolute Gasteiger partial charge is 0.457 e. The summed E-state index contributed by atoms with van der Waals surface area (Å²) in [7, 11) is -0.270. The molecule has 96 valence electrons. The van der Waals surface area contributed by atoms with Gasteiger partial charge in [-0.3, -0.25) is 0 Å². The minimum atomic E-state index is -0.270. The van der Waals surface area contributed by atoms with Crippen molar-refractivity contribution >= 4 is 12.6 Å². The second-order valence-corrected chi connectivity index (χ2v) is 4.41. The maximum Gasteiger partial charge on any atom is 0.493 e. The molecular weight excluding hydrogens is 239 g/mol. The Kier molecular flexibility index (Phi) is 3.82. The van der Waals surface area contributed by atoms with Crippen LogP contribution in [-0.4, -0.2) is 20.3 Å². The van der Waals surface area contributed by atoms with Gasteiger partial charge >= 0.3 is 7.12 Å². The van der Waals surface area contributed by atoms with Gasteiger partial charge in [-0.15, -0.1) is 0 Å². The third-order valence-electron chi connectivity index (χ3n) is 2.94. The van der Waals surface area contributed by atoms with E-state index in [2.05, 4.69) is 0 Å². The van der Waals surface area contributed by atoms with Crippen LogP contribution in [0.1, 0.15) is 6.42 Å². The highest BCUT2D eigenvalue weighted by atomic mass is 16.6. The summed E-state index contributed by atoms with van der Waals surface area (Å²) in [6.07, 6.45) is 0.955. The molecular formula is C15H15BO3. The summed E-state index contributed by atoms with van der Waals surface area (Å²) in [5.41, 5.74) is 0.994. The molecule has 3 nitrogen and oxygen atoms in total. The van der Waals surface area contributed by atoms with Gasteiger partial charge in [-0.2, -0.15) is 0 Å². The quantitative estimate of drug-likeness (QED) is 0.788. The van der Waals surface area contributed by atoms with E-state index in [1.165, 1.54) is 0 Å². The van der Waals surface area contributed by atoms with Crippen LogP contribution in [0.3, 0.4) is 0 Å². The molecule has 3 rings (SSSR count). The van der Waals surface area contributed by atoms with E-state index >= 15 is 0 Å². The first kappa shape index (κ1) is 12.3. The first-order valence-electron chi connectivity index (χ1n) is 6.48. The topological polar surface area (TPSA) is 27.7 Å². The van der Waals surface area contributed by atoms with Gasteiger partial charge in [0.1, 0.15) is 11.5 Å². The van der Waals surface area contributed by atoms with Crippen molar-refractivity contribution in [2.75, 3.05) is 13.2 Å². The molecule has 0 spiro atoms. The van der Waals surface area contributed by atoms with Gasteiger partial charge in [0.2, 0.25) is 0 Å². The summed E-state index contributed by atoms with van der Waals surface area (Å²) >= 11 is 0. The van der Waals surface area contributed by atoms with E-state index in [1.807, 2.05) is 54.6 Å². The summed E-state index contributed by atoms with van der Waals surface area (Å²) in [5.74, 6) is 1.62. The molecule has 0 aromatic heterocycles. The van der Waals surface area contributed by atoms with E-state index in [4.69, 9.17) is 14.0 Å². The van der Waals surface area contributed by atoms with Crippen LogP contribution >= 0.6 is 0 Å². The number of hydrogen-bond acceptors (Lipinski definition) is 3. The van der Waals surface area contributed by atoms with Crippen molar-refractivity contribution in [3.05, 3.63) is 54.6 Å². The lowest BCUT2D eigenvalue weighted by Gasteiger charge is -2.20. The standard InChI is InChI=1S/C15H15BO3/c1-2-7-14(8-3-1)19-15-9-4-6-13(12-15)16-17-10-5-11-18-16/h1-4,6-9,12H,5,10-11H2. The third-order valence-corrected chi connectivity index (χ3v) is 2.94. The Bertz CT molecular complexity index is 524. The van der Waals surface area contributed by atoms with Crippen LogP contribution in [0.2, 0.25) is 0 Å². The second-order valence-electron chi connectivity index (χ2n) is 4.41. The molecule has 0 saturated carbocycles. The molecule has 1 saturated heterocycles. The SMILES string of the molecule is c1ccc(Oc2cccc(B3OCCCO3)c2)cc1. The monoisotopic (exact) mass is 254 g/mol. The Morgan fingerprint density at radius 2 is 1.58 bits per heavy atom. The molecule has 0 radical (unpaired) electrons. The molecule has 4 heteroatoms.